The van der Waals surface area contributed by atoms with E-state index in [0.717, 1.165) is 0 Å². The van der Waals surface area contributed by atoms with Gasteiger partial charge in [-0.15, -0.1) is 4.48 Å². The number of halogens is 14. The molecule has 0 aromatic carbocycles. The van der Waals surface area contributed by atoms with Crippen LogP contribution in [0.1, 0.15) is 0 Å². The Morgan fingerprint density at radius 3 is 1.00 bits per heavy atom. The van der Waals surface area contributed by atoms with Gasteiger partial charge < -0.3 is 0 Å². The zero-order valence-electron chi connectivity index (χ0n) is 9.74. The molecule has 0 aliphatic rings. The first-order chi connectivity index (χ1) is 9.19. The lowest BCUT2D eigenvalue weighted by atomic mass is 9.96. The Bertz CT molecular complexity index is 406. The molecule has 0 saturated carbocycles. The van der Waals surface area contributed by atoms with Crippen molar-refractivity contribution in [2.45, 2.75) is 35.9 Å². The molecule has 1 nitrogen and oxygen atoms in total. The molecule has 0 amide bonds. The van der Waals surface area contributed by atoms with Gasteiger partial charge >= 0.3 is 35.9 Å². The summed E-state index contributed by atoms with van der Waals surface area (Å²) in [7, 11) is -0.677. The predicted octanol–water partition coefficient (Wildman–Crippen LogP) is 4.50. The van der Waals surface area contributed by atoms with E-state index in [1.54, 1.807) is 0 Å². The minimum atomic E-state index is -8.01. The maximum Gasteiger partial charge on any atom is 0.460 e. The van der Waals surface area contributed by atoms with Crippen LogP contribution in [0.2, 0.25) is 0 Å². The number of nitrogens with zero attached hydrogens (tertiary/aromatic N) is 1. The fourth-order valence-corrected chi connectivity index (χ4v) is 0.955. The molecule has 0 bridgehead atoms. The van der Waals surface area contributed by atoms with E-state index in [-0.39, 0.29) is 0 Å². The Morgan fingerprint density at radius 2 is 0.773 bits per heavy atom. The van der Waals surface area contributed by atoms with Crippen molar-refractivity contribution in [2.24, 2.45) is 0 Å². The second kappa shape index (κ2) is 4.99. The third-order valence-corrected chi connectivity index (χ3v) is 2.30. The van der Waals surface area contributed by atoms with Crippen molar-refractivity contribution in [2.75, 3.05) is 7.05 Å². The molecule has 134 valence electrons. The summed E-state index contributed by atoms with van der Waals surface area (Å²) in [4.78, 5) is 0. The summed E-state index contributed by atoms with van der Waals surface area (Å²) >= 11 is 0. The highest BCUT2D eigenvalue weighted by molar-refractivity contribution is 5.09. The standard InChI is InChI=1S/C7H3F14N/c1-22(21)7(19,20)5(14,15)3(10,11)2(8,9)4(12,13)6(16,17)18/h1H3. The minimum Gasteiger partial charge on any atom is -0.192 e. The lowest BCUT2D eigenvalue weighted by molar-refractivity contribution is -0.458. The summed E-state index contributed by atoms with van der Waals surface area (Å²) in [5, 5.41) is -2.54. The van der Waals surface area contributed by atoms with Gasteiger partial charge in [0.05, 0.1) is 0 Å². The van der Waals surface area contributed by atoms with E-state index in [1.807, 2.05) is 0 Å². The van der Waals surface area contributed by atoms with Gasteiger partial charge in [0, 0.05) is 7.05 Å². The Labute approximate surface area is 111 Å². The number of rotatable bonds is 5. The van der Waals surface area contributed by atoms with Crippen LogP contribution in [-0.2, 0) is 0 Å². The maximum atomic E-state index is 12.7. The summed E-state index contributed by atoms with van der Waals surface area (Å²) < 4.78 is 172. The third kappa shape index (κ3) is 2.46. The lowest BCUT2D eigenvalue weighted by Crippen LogP contribution is -2.71. The van der Waals surface area contributed by atoms with Crippen molar-refractivity contribution < 1.29 is 61.6 Å². The molecule has 0 heterocycles. The Balaban J connectivity index is 6.24. The molecule has 0 rings (SSSR count). The highest BCUT2D eigenvalue weighted by atomic mass is 19.4. The van der Waals surface area contributed by atoms with Crippen LogP contribution in [0.15, 0.2) is 0 Å². The van der Waals surface area contributed by atoms with Gasteiger partial charge in [-0.1, -0.05) is 5.12 Å². The molecule has 0 radical (unpaired) electrons. The SMILES string of the molecule is CN(F)C(F)(F)C(F)(F)C(F)(F)C(F)(F)C(F)(F)C(F)(F)F. The molecular weight excluding hydrogens is 364 g/mol. The van der Waals surface area contributed by atoms with Gasteiger partial charge in [0.1, 0.15) is 0 Å². The van der Waals surface area contributed by atoms with Crippen molar-refractivity contribution in [3.63, 3.8) is 0 Å². The van der Waals surface area contributed by atoms with Crippen LogP contribution in [0.25, 0.3) is 0 Å². The highest BCUT2D eigenvalue weighted by Crippen LogP contribution is 2.60. The summed E-state index contributed by atoms with van der Waals surface area (Å²) in [5.74, 6) is -31.4. The van der Waals surface area contributed by atoms with Crippen molar-refractivity contribution in [3.05, 3.63) is 0 Å². The van der Waals surface area contributed by atoms with E-state index in [2.05, 4.69) is 0 Å². The minimum absolute atomic E-state index is 0.677. The van der Waals surface area contributed by atoms with E-state index in [9.17, 15) is 61.6 Å². The van der Waals surface area contributed by atoms with Crippen LogP contribution in [0.4, 0.5) is 61.6 Å². The molecule has 0 aromatic heterocycles. The second-order valence-electron chi connectivity index (χ2n) is 3.81. The number of alkyl halides is 13. The molecule has 0 aromatic rings. The third-order valence-electron chi connectivity index (χ3n) is 2.30. The van der Waals surface area contributed by atoms with Crippen molar-refractivity contribution in [1.29, 1.82) is 0 Å². The quantitative estimate of drug-likeness (QED) is 0.393. The molecular formula is C7H3F14N. The van der Waals surface area contributed by atoms with Gasteiger partial charge in [-0.05, 0) is 0 Å². The highest BCUT2D eigenvalue weighted by Gasteiger charge is 2.91. The predicted molar refractivity (Wildman–Crippen MR) is 39.7 cm³/mol. The van der Waals surface area contributed by atoms with Gasteiger partial charge in [-0.3, -0.25) is 0 Å². The first kappa shape index (κ1) is 21.0. The summed E-state index contributed by atoms with van der Waals surface area (Å²) in [6.07, 6.45) is -7.48. The van der Waals surface area contributed by atoms with Crippen LogP contribution in [0.3, 0.4) is 0 Å². The van der Waals surface area contributed by atoms with Gasteiger partial charge in [0.2, 0.25) is 0 Å². The van der Waals surface area contributed by atoms with Crippen molar-refractivity contribution in [1.82, 2.24) is 5.12 Å². The number of hydrogen-bond donors (Lipinski definition) is 0. The average molecular weight is 367 g/mol. The molecule has 0 spiro atoms. The van der Waals surface area contributed by atoms with Gasteiger partial charge in [0.15, 0.2) is 0 Å². The van der Waals surface area contributed by atoms with Crippen LogP contribution >= 0.6 is 0 Å². The maximum absolute atomic E-state index is 12.7. The van der Waals surface area contributed by atoms with Gasteiger partial charge in [-0.2, -0.15) is 57.1 Å². The van der Waals surface area contributed by atoms with Crippen LogP contribution in [0, 0.1) is 0 Å². The zero-order chi connectivity index (χ0) is 18.6. The van der Waals surface area contributed by atoms with Crippen LogP contribution in [0.5, 0.6) is 0 Å². The Morgan fingerprint density at radius 1 is 0.500 bits per heavy atom. The van der Waals surface area contributed by atoms with Crippen LogP contribution in [-0.4, -0.2) is 48.1 Å². The monoisotopic (exact) mass is 367 g/mol. The molecule has 0 aliphatic carbocycles. The summed E-state index contributed by atoms with van der Waals surface area (Å²) in [6.45, 7) is 0. The van der Waals surface area contributed by atoms with Crippen molar-refractivity contribution >= 4 is 0 Å². The topological polar surface area (TPSA) is 3.24 Å². The summed E-state index contributed by atoms with van der Waals surface area (Å²) in [6, 6.07) is -6.82. The molecule has 22 heavy (non-hydrogen) atoms. The molecule has 15 heteroatoms. The fraction of sp³-hybridized carbons (Fsp3) is 1.00. The normalized spacial score (nSPS) is 16.4. The average Bonchev–Trinajstić information content (AvgIpc) is 2.25. The zero-order valence-corrected chi connectivity index (χ0v) is 9.74. The molecule has 0 atom stereocenters. The Hall–Kier alpha value is -1.02. The Kier molecular flexibility index (Phi) is 4.76. The van der Waals surface area contributed by atoms with Gasteiger partial charge in [-0.25, -0.2) is 0 Å². The molecule has 0 unspecified atom stereocenters. The molecule has 0 fully saturated rings. The summed E-state index contributed by atoms with van der Waals surface area (Å²) in [5.41, 5.74) is 0. The molecule has 0 saturated heterocycles. The first-order valence-corrected chi connectivity index (χ1v) is 4.55. The number of hydrogen-bond acceptors (Lipinski definition) is 1. The lowest BCUT2D eigenvalue weighted by Gasteiger charge is -2.40. The molecule has 0 N–H and O–H groups in total. The van der Waals surface area contributed by atoms with Crippen molar-refractivity contribution in [3.8, 4) is 0 Å². The van der Waals surface area contributed by atoms with E-state index in [1.165, 1.54) is 0 Å². The van der Waals surface area contributed by atoms with E-state index in [4.69, 9.17) is 0 Å². The largest absolute Gasteiger partial charge is 0.460 e. The van der Waals surface area contributed by atoms with E-state index >= 15 is 0 Å². The molecule has 0 aliphatic heterocycles. The fourth-order valence-electron chi connectivity index (χ4n) is 0.955. The first-order valence-electron chi connectivity index (χ1n) is 4.55. The van der Waals surface area contributed by atoms with Crippen LogP contribution < -0.4 is 0 Å². The van der Waals surface area contributed by atoms with E-state index in [0.29, 0.717) is 0 Å². The second-order valence-corrected chi connectivity index (χ2v) is 3.81. The van der Waals surface area contributed by atoms with Gasteiger partial charge in [0.25, 0.3) is 0 Å². The van der Waals surface area contributed by atoms with E-state index < -0.39 is 48.1 Å². The smallest absolute Gasteiger partial charge is 0.192 e.